The number of nitrogens with zero attached hydrogens (tertiary/aromatic N) is 3. The van der Waals surface area contributed by atoms with Crippen molar-refractivity contribution in [1.29, 1.82) is 0 Å². The van der Waals surface area contributed by atoms with Crippen molar-refractivity contribution in [3.8, 4) is 0 Å². The maximum atomic E-state index is 14.4. The molecule has 0 aromatic heterocycles. The molecule has 342 valence electrons. The van der Waals surface area contributed by atoms with Crippen LogP contribution in [0.5, 0.6) is 0 Å². The molecule has 0 bridgehead atoms. The van der Waals surface area contributed by atoms with Crippen LogP contribution in [0.4, 0.5) is 0 Å². The first-order valence-corrected chi connectivity index (χ1v) is 22.3. The largest absolute Gasteiger partial charge is 0.379 e. The number of likely N-dealkylation sites (N-methyl/N-ethyl adjacent to an activating group) is 1. The Balaban J connectivity index is 2.32. The second kappa shape index (κ2) is 24.2. The maximum absolute atomic E-state index is 14.4. The summed E-state index contributed by atoms with van der Waals surface area (Å²) in [4.78, 5) is 75.7. The number of benzene rings is 1. The molecule has 0 saturated carbocycles. The summed E-state index contributed by atoms with van der Waals surface area (Å²) in [5.41, 5.74) is 0.423. The van der Waals surface area contributed by atoms with Crippen LogP contribution in [0.2, 0.25) is 0 Å². The van der Waals surface area contributed by atoms with E-state index >= 15 is 0 Å². The summed E-state index contributed by atoms with van der Waals surface area (Å²) in [7, 11) is 6.87. The van der Waals surface area contributed by atoms with Crippen LogP contribution in [0.25, 0.3) is 0 Å². The Bertz CT molecular complexity index is 1510. The van der Waals surface area contributed by atoms with E-state index in [0.29, 0.717) is 25.9 Å². The molecule has 0 radical (unpaired) electrons. The second-order valence-corrected chi connectivity index (χ2v) is 19.2. The summed E-state index contributed by atoms with van der Waals surface area (Å²) in [5.74, 6) is -2.26. The lowest BCUT2D eigenvalue weighted by Gasteiger charge is -2.41. The number of hydrogen-bond donors (Lipinski definition) is 3. The van der Waals surface area contributed by atoms with Crippen LogP contribution in [-0.4, -0.2) is 134 Å². The minimum Gasteiger partial charge on any atom is -0.379 e. The molecule has 1 heterocycles. The highest BCUT2D eigenvalue weighted by Crippen LogP contribution is 2.30. The molecule has 0 unspecified atom stereocenters. The van der Waals surface area contributed by atoms with Crippen molar-refractivity contribution >= 4 is 29.5 Å². The number of likely N-dealkylation sites (tertiary alicyclic amines) is 1. The standard InChI is InChI=1S/C47H82N6O7/c1-17-32(8)41(52(14)46(58)40(30(4)5)49-44(56)35(29(2)3)28-51(13)31(6)7)38(59-15)27-39(54)53-25-21-24-37(53)42(60-16)33(9)43(55)48-36(45(57)50-47(10,11)12)26-34-22-19-18-20-23-34/h18-20,22-23,29-33,35-38,40-42H,17,21,24-28H2,1-16H3,(H,48,55)(H,49,56)(H,50,57)/t32-,33+,35-,36-,37-,38+,40-,41-,42+/m0/s1. The van der Waals surface area contributed by atoms with Gasteiger partial charge < -0.3 is 40.1 Å². The quantitative estimate of drug-likeness (QED) is 0.135. The van der Waals surface area contributed by atoms with Gasteiger partial charge in [0.15, 0.2) is 0 Å². The van der Waals surface area contributed by atoms with E-state index in [4.69, 9.17) is 9.47 Å². The van der Waals surface area contributed by atoms with Gasteiger partial charge in [-0.1, -0.05) is 85.2 Å². The lowest BCUT2D eigenvalue weighted by Crippen LogP contribution is -2.59. The number of carbonyl (C=O) groups excluding carboxylic acids is 5. The highest BCUT2D eigenvalue weighted by Gasteiger charge is 2.43. The summed E-state index contributed by atoms with van der Waals surface area (Å²) in [6.45, 7) is 24.8. The Kier molecular flexibility index (Phi) is 21.2. The molecule has 2 rings (SSSR count). The van der Waals surface area contributed by atoms with Crippen LogP contribution in [0.15, 0.2) is 30.3 Å². The summed E-state index contributed by atoms with van der Waals surface area (Å²) in [6.07, 6.45) is 1.16. The lowest BCUT2D eigenvalue weighted by atomic mass is 9.89. The predicted molar refractivity (Wildman–Crippen MR) is 239 cm³/mol. The van der Waals surface area contributed by atoms with E-state index in [1.165, 1.54) is 0 Å². The fraction of sp³-hybridized carbons (Fsp3) is 0.766. The van der Waals surface area contributed by atoms with Crippen LogP contribution in [-0.2, 0) is 39.9 Å². The van der Waals surface area contributed by atoms with E-state index in [-0.39, 0.29) is 71.7 Å². The third-order valence-corrected chi connectivity index (χ3v) is 12.4. The fourth-order valence-corrected chi connectivity index (χ4v) is 8.24. The van der Waals surface area contributed by atoms with Crippen molar-refractivity contribution in [2.24, 2.45) is 29.6 Å². The van der Waals surface area contributed by atoms with E-state index in [1.807, 2.05) is 92.8 Å². The first-order valence-electron chi connectivity index (χ1n) is 22.3. The van der Waals surface area contributed by atoms with Crippen molar-refractivity contribution in [3.05, 3.63) is 35.9 Å². The molecule has 5 amide bonds. The molecule has 60 heavy (non-hydrogen) atoms. The van der Waals surface area contributed by atoms with Gasteiger partial charge in [-0.25, -0.2) is 0 Å². The minimum atomic E-state index is -0.813. The summed E-state index contributed by atoms with van der Waals surface area (Å²) < 4.78 is 12.1. The molecular weight excluding hydrogens is 761 g/mol. The number of ether oxygens (including phenoxy) is 2. The molecule has 3 N–H and O–H groups in total. The van der Waals surface area contributed by atoms with Gasteiger partial charge in [-0.15, -0.1) is 0 Å². The highest BCUT2D eigenvalue weighted by molar-refractivity contribution is 5.90. The lowest BCUT2D eigenvalue weighted by molar-refractivity contribution is -0.148. The van der Waals surface area contributed by atoms with Gasteiger partial charge in [0, 0.05) is 52.4 Å². The molecule has 1 aliphatic rings. The summed E-state index contributed by atoms with van der Waals surface area (Å²) in [6, 6.07) is 7.41. The van der Waals surface area contributed by atoms with Gasteiger partial charge >= 0.3 is 0 Å². The Hall–Kier alpha value is -3.55. The van der Waals surface area contributed by atoms with Crippen molar-refractivity contribution in [3.63, 3.8) is 0 Å². The Morgan fingerprint density at radius 1 is 0.850 bits per heavy atom. The van der Waals surface area contributed by atoms with E-state index in [1.54, 1.807) is 38.0 Å². The predicted octanol–water partition coefficient (Wildman–Crippen LogP) is 5.30. The van der Waals surface area contributed by atoms with Crippen LogP contribution < -0.4 is 16.0 Å². The highest BCUT2D eigenvalue weighted by atomic mass is 16.5. The van der Waals surface area contributed by atoms with E-state index in [0.717, 1.165) is 18.4 Å². The molecule has 1 aromatic carbocycles. The average molecular weight is 843 g/mol. The van der Waals surface area contributed by atoms with Crippen molar-refractivity contribution in [2.75, 3.05) is 41.4 Å². The van der Waals surface area contributed by atoms with Gasteiger partial charge in [0.25, 0.3) is 0 Å². The van der Waals surface area contributed by atoms with Crippen LogP contribution in [0.3, 0.4) is 0 Å². The normalized spacial score (nSPS) is 18.7. The van der Waals surface area contributed by atoms with Crippen molar-refractivity contribution in [2.45, 2.75) is 163 Å². The Morgan fingerprint density at radius 3 is 1.97 bits per heavy atom. The zero-order valence-corrected chi connectivity index (χ0v) is 40.0. The second-order valence-electron chi connectivity index (χ2n) is 19.2. The molecule has 1 fully saturated rings. The molecule has 0 aliphatic carbocycles. The number of nitrogens with one attached hydrogen (secondary N) is 3. The molecule has 1 aromatic rings. The van der Waals surface area contributed by atoms with Gasteiger partial charge in [-0.3, -0.25) is 24.0 Å². The number of methoxy groups -OCH3 is 2. The summed E-state index contributed by atoms with van der Waals surface area (Å²) in [5, 5.41) is 9.13. The number of carbonyl (C=O) groups is 5. The van der Waals surface area contributed by atoms with E-state index in [9.17, 15) is 24.0 Å². The smallest absolute Gasteiger partial charge is 0.245 e. The molecule has 1 aliphatic heterocycles. The van der Waals surface area contributed by atoms with E-state index in [2.05, 4.69) is 41.6 Å². The first-order chi connectivity index (χ1) is 28.0. The monoisotopic (exact) mass is 843 g/mol. The topological polar surface area (TPSA) is 150 Å². The van der Waals surface area contributed by atoms with Gasteiger partial charge in [0.05, 0.1) is 42.5 Å². The Morgan fingerprint density at radius 2 is 1.47 bits per heavy atom. The zero-order chi connectivity index (χ0) is 45.6. The third-order valence-electron chi connectivity index (χ3n) is 12.4. The molecule has 0 spiro atoms. The zero-order valence-electron chi connectivity index (χ0n) is 40.0. The average Bonchev–Trinajstić information content (AvgIpc) is 3.67. The number of amides is 5. The van der Waals surface area contributed by atoms with Crippen molar-refractivity contribution < 1.29 is 33.4 Å². The number of hydrogen-bond acceptors (Lipinski definition) is 8. The van der Waals surface area contributed by atoms with Gasteiger partial charge in [-0.2, -0.15) is 0 Å². The van der Waals surface area contributed by atoms with Crippen LogP contribution in [0, 0.1) is 29.6 Å². The van der Waals surface area contributed by atoms with Crippen molar-refractivity contribution in [1.82, 2.24) is 30.7 Å². The Labute approximate surface area is 362 Å². The van der Waals surface area contributed by atoms with Crippen LogP contribution in [0.1, 0.15) is 114 Å². The first kappa shape index (κ1) is 52.6. The minimum absolute atomic E-state index is 0.0123. The van der Waals surface area contributed by atoms with Gasteiger partial charge in [0.2, 0.25) is 29.5 Å². The fourth-order valence-electron chi connectivity index (χ4n) is 8.24. The molecule has 1 saturated heterocycles. The maximum Gasteiger partial charge on any atom is 0.245 e. The van der Waals surface area contributed by atoms with E-state index < -0.39 is 41.8 Å². The molecule has 13 nitrogen and oxygen atoms in total. The molecule has 9 atom stereocenters. The molecule has 13 heteroatoms. The van der Waals surface area contributed by atoms with Crippen LogP contribution >= 0.6 is 0 Å². The SMILES string of the molecule is CC[C@H](C)[C@@H]([C@@H](CC(=O)N1CCC[C@H]1[C@H](OC)[C@@H](C)C(=O)N[C@@H](Cc1ccccc1)C(=O)NC(C)(C)C)OC)N(C)C(=O)[C@@H](NC(=O)[C@@H](CN(C)C(C)C)C(C)C)C(C)C. The number of rotatable bonds is 23. The van der Waals surface area contributed by atoms with Gasteiger partial charge in [0.1, 0.15) is 12.1 Å². The van der Waals surface area contributed by atoms with Gasteiger partial charge in [-0.05, 0) is 77.8 Å². The summed E-state index contributed by atoms with van der Waals surface area (Å²) >= 11 is 0. The molecular formula is C47H82N6O7. The third kappa shape index (κ3) is 15.1.